The molecule has 0 atom stereocenters. The van der Waals surface area contributed by atoms with Crippen molar-refractivity contribution in [3.8, 4) is 11.5 Å². The Morgan fingerprint density at radius 1 is 0.759 bits per heavy atom. The molecule has 0 saturated heterocycles. The van der Waals surface area contributed by atoms with Crippen molar-refractivity contribution in [1.29, 1.82) is 0 Å². The summed E-state index contributed by atoms with van der Waals surface area (Å²) in [5.74, 6) is 1.06. The Morgan fingerprint density at radius 2 is 1.31 bits per heavy atom. The quantitative estimate of drug-likeness (QED) is 0.532. The number of methoxy groups -OCH3 is 2. The first-order valence-electron chi connectivity index (χ1n) is 9.57. The number of hydrogen-bond acceptors (Lipinski definition) is 6. The van der Waals surface area contributed by atoms with Gasteiger partial charge in [-0.1, -0.05) is 24.3 Å². The van der Waals surface area contributed by atoms with Crippen LogP contribution in [0.1, 0.15) is 41.5 Å². The second kappa shape index (κ2) is 11.3. The molecule has 0 unspecified atom stereocenters. The topological polar surface area (TPSA) is 93.1 Å². The maximum Gasteiger partial charge on any atom is 0.160 e. The Hall–Kier alpha value is -2.70. The minimum atomic E-state index is -0.160. The molecule has 0 aliphatic rings. The van der Waals surface area contributed by atoms with E-state index in [0.717, 1.165) is 11.1 Å². The van der Waals surface area contributed by atoms with Gasteiger partial charge in [0.1, 0.15) is 11.6 Å². The third-order valence-electron chi connectivity index (χ3n) is 4.84. The Labute approximate surface area is 171 Å². The number of rotatable bonds is 12. The summed E-state index contributed by atoms with van der Waals surface area (Å²) >= 11 is 0. The van der Waals surface area contributed by atoms with Gasteiger partial charge in [-0.3, -0.25) is 9.59 Å². The van der Waals surface area contributed by atoms with Crippen LogP contribution in [0, 0.1) is 0 Å². The maximum atomic E-state index is 12.2. The normalized spacial score (nSPS) is 10.6. The first-order valence-corrected chi connectivity index (χ1v) is 9.57. The van der Waals surface area contributed by atoms with E-state index in [1.807, 2.05) is 18.2 Å². The van der Waals surface area contributed by atoms with E-state index < -0.39 is 0 Å². The lowest BCUT2D eigenvalue weighted by atomic mass is 9.98. The second-order valence-corrected chi connectivity index (χ2v) is 6.86. The number of hydrogen-bond donors (Lipinski definition) is 2. The average Bonchev–Trinajstić information content (AvgIpc) is 2.75. The fourth-order valence-corrected chi connectivity index (χ4v) is 3.14. The fraction of sp³-hybridized carbons (Fsp3) is 0.391. The molecule has 0 aliphatic carbocycles. The van der Waals surface area contributed by atoms with Crippen molar-refractivity contribution in [2.24, 2.45) is 0 Å². The molecule has 2 aromatic rings. The number of carbonyl (C=O) groups excluding carboxylic acids is 2. The molecule has 0 radical (unpaired) electrons. The van der Waals surface area contributed by atoms with E-state index >= 15 is 0 Å². The molecule has 0 fully saturated rings. The van der Waals surface area contributed by atoms with Crippen LogP contribution in [0.4, 0.5) is 0 Å². The number of aryl methyl sites for hydroxylation is 2. The summed E-state index contributed by atoms with van der Waals surface area (Å²) in [5, 5.41) is 18.6. The average molecular weight is 400 g/mol. The van der Waals surface area contributed by atoms with Crippen LogP contribution in [0.2, 0.25) is 0 Å². The number of benzene rings is 2. The van der Waals surface area contributed by atoms with Crippen molar-refractivity contribution in [3.63, 3.8) is 0 Å². The molecule has 6 heteroatoms. The summed E-state index contributed by atoms with van der Waals surface area (Å²) in [6.07, 6.45) is 1.52. The molecule has 0 saturated carbocycles. The molecule has 6 nitrogen and oxygen atoms in total. The molecule has 0 aromatic heterocycles. The molecule has 29 heavy (non-hydrogen) atoms. The molecule has 0 spiro atoms. The zero-order valence-corrected chi connectivity index (χ0v) is 16.9. The predicted molar refractivity (Wildman–Crippen MR) is 109 cm³/mol. The van der Waals surface area contributed by atoms with E-state index in [0.29, 0.717) is 41.9 Å². The molecular formula is C23H28O6. The SMILES string of the molecule is COc1ccc(CCC(=O)CC(=O)CCc2ccc(CO)c(CO)c2)cc1OC. The summed E-state index contributed by atoms with van der Waals surface area (Å²) in [6, 6.07) is 10.9. The van der Waals surface area contributed by atoms with Gasteiger partial charge in [0.15, 0.2) is 11.5 Å². The van der Waals surface area contributed by atoms with E-state index in [9.17, 15) is 19.8 Å². The lowest BCUT2D eigenvalue weighted by molar-refractivity contribution is -0.126. The van der Waals surface area contributed by atoms with Gasteiger partial charge >= 0.3 is 0 Å². The third-order valence-corrected chi connectivity index (χ3v) is 4.84. The van der Waals surface area contributed by atoms with Crippen LogP contribution < -0.4 is 9.47 Å². The van der Waals surface area contributed by atoms with Crippen molar-refractivity contribution in [3.05, 3.63) is 58.7 Å². The first-order chi connectivity index (χ1) is 14.0. The van der Waals surface area contributed by atoms with Gasteiger partial charge < -0.3 is 19.7 Å². The molecule has 156 valence electrons. The highest BCUT2D eigenvalue weighted by molar-refractivity contribution is 5.99. The van der Waals surface area contributed by atoms with Crippen molar-refractivity contribution >= 4 is 11.6 Å². The number of ether oxygens (including phenoxy) is 2. The van der Waals surface area contributed by atoms with Crippen molar-refractivity contribution < 1.29 is 29.3 Å². The van der Waals surface area contributed by atoms with Crippen molar-refractivity contribution in [2.75, 3.05) is 14.2 Å². The zero-order valence-electron chi connectivity index (χ0n) is 16.9. The standard InChI is InChI=1S/C23H28O6/c1-28-22-10-6-17(12-23(22)29-2)5-9-21(27)13-20(26)8-4-16-3-7-18(14-24)19(11-16)15-25/h3,6-7,10-12,24-25H,4-5,8-9,13-15H2,1-2H3. The second-order valence-electron chi connectivity index (χ2n) is 6.86. The van der Waals surface area contributed by atoms with Crippen LogP contribution in [0.5, 0.6) is 11.5 Å². The number of ketones is 2. The minimum absolute atomic E-state index is 0.0745. The number of carbonyl (C=O) groups is 2. The lowest BCUT2D eigenvalue weighted by Gasteiger charge is -2.09. The Morgan fingerprint density at radius 3 is 1.86 bits per heavy atom. The highest BCUT2D eigenvalue weighted by Gasteiger charge is 2.12. The van der Waals surface area contributed by atoms with Crippen LogP contribution >= 0.6 is 0 Å². The summed E-state index contributed by atoms with van der Waals surface area (Å²) in [4.78, 5) is 24.3. The van der Waals surface area contributed by atoms with Crippen LogP contribution in [-0.4, -0.2) is 36.0 Å². The number of aliphatic hydroxyl groups is 2. The molecule has 2 rings (SSSR count). The van der Waals surface area contributed by atoms with Gasteiger partial charge in [-0.05, 0) is 47.2 Å². The summed E-state index contributed by atoms with van der Waals surface area (Å²) in [6.45, 7) is -0.296. The smallest absolute Gasteiger partial charge is 0.160 e. The van der Waals surface area contributed by atoms with E-state index in [1.54, 1.807) is 32.4 Å². The maximum absolute atomic E-state index is 12.2. The molecule has 0 heterocycles. The van der Waals surface area contributed by atoms with Crippen molar-refractivity contribution in [2.45, 2.75) is 45.3 Å². The van der Waals surface area contributed by atoms with Gasteiger partial charge in [0.25, 0.3) is 0 Å². The van der Waals surface area contributed by atoms with E-state index in [1.165, 1.54) is 0 Å². The fourth-order valence-electron chi connectivity index (χ4n) is 3.14. The van der Waals surface area contributed by atoms with Gasteiger partial charge in [-0.2, -0.15) is 0 Å². The highest BCUT2D eigenvalue weighted by Crippen LogP contribution is 2.28. The van der Waals surface area contributed by atoms with Crippen LogP contribution in [-0.2, 0) is 35.6 Å². The van der Waals surface area contributed by atoms with Crippen LogP contribution in [0.3, 0.4) is 0 Å². The first kappa shape index (κ1) is 22.6. The van der Waals surface area contributed by atoms with Gasteiger partial charge in [0, 0.05) is 12.8 Å². The molecule has 0 aliphatic heterocycles. The van der Waals surface area contributed by atoms with Crippen molar-refractivity contribution in [1.82, 2.24) is 0 Å². The molecule has 2 N–H and O–H groups in total. The highest BCUT2D eigenvalue weighted by atomic mass is 16.5. The number of Topliss-reactive ketones (excluding diaryl/α,β-unsaturated/α-hetero) is 2. The van der Waals surface area contributed by atoms with E-state index in [2.05, 4.69) is 0 Å². The summed E-state index contributed by atoms with van der Waals surface area (Å²) < 4.78 is 10.5. The van der Waals surface area contributed by atoms with Gasteiger partial charge in [-0.15, -0.1) is 0 Å². The summed E-state index contributed by atoms with van der Waals surface area (Å²) in [7, 11) is 3.13. The third kappa shape index (κ3) is 6.69. The zero-order chi connectivity index (χ0) is 21.2. The lowest BCUT2D eigenvalue weighted by Crippen LogP contribution is -2.10. The molecular weight excluding hydrogens is 372 g/mol. The van der Waals surface area contributed by atoms with Gasteiger partial charge in [0.05, 0.1) is 33.9 Å². The van der Waals surface area contributed by atoms with E-state index in [-0.39, 0.29) is 37.6 Å². The Kier molecular flexibility index (Phi) is 8.83. The van der Waals surface area contributed by atoms with Crippen LogP contribution in [0.25, 0.3) is 0 Å². The van der Waals surface area contributed by atoms with E-state index in [4.69, 9.17) is 9.47 Å². The molecule has 2 aromatic carbocycles. The predicted octanol–water partition coefficient (Wildman–Crippen LogP) is 2.78. The molecule has 0 bridgehead atoms. The largest absolute Gasteiger partial charge is 0.493 e. The number of aliphatic hydroxyl groups excluding tert-OH is 2. The Balaban J connectivity index is 1.81. The Bertz CT molecular complexity index is 774. The van der Waals surface area contributed by atoms with Crippen LogP contribution in [0.15, 0.2) is 36.4 Å². The molecule has 0 amide bonds. The van der Waals surface area contributed by atoms with Gasteiger partial charge in [-0.25, -0.2) is 0 Å². The monoisotopic (exact) mass is 400 g/mol. The van der Waals surface area contributed by atoms with Gasteiger partial charge in [0.2, 0.25) is 0 Å². The summed E-state index contributed by atoms with van der Waals surface area (Å²) in [5.41, 5.74) is 3.18. The minimum Gasteiger partial charge on any atom is -0.493 e.